The van der Waals surface area contributed by atoms with Gasteiger partial charge >= 0.3 is 0 Å². The fraction of sp³-hybridized carbons (Fsp3) is 0.394. The summed E-state index contributed by atoms with van der Waals surface area (Å²) < 4.78 is 16.8. The second-order valence-corrected chi connectivity index (χ2v) is 11.7. The molecule has 2 fully saturated rings. The van der Waals surface area contributed by atoms with Crippen LogP contribution in [0.2, 0.25) is 0 Å². The highest BCUT2D eigenvalue weighted by molar-refractivity contribution is 5.94. The maximum absolute atomic E-state index is 14.0. The van der Waals surface area contributed by atoms with Gasteiger partial charge in [0.05, 0.1) is 17.5 Å². The average Bonchev–Trinajstić information content (AvgIpc) is 3.46. The van der Waals surface area contributed by atoms with E-state index in [1.807, 2.05) is 52.9 Å². The summed E-state index contributed by atoms with van der Waals surface area (Å²) in [6.07, 6.45) is 4.53. The molecule has 4 heterocycles. The molecule has 0 aliphatic carbocycles. The summed E-state index contributed by atoms with van der Waals surface area (Å²) in [5.41, 5.74) is 0.730. The van der Waals surface area contributed by atoms with E-state index in [-0.39, 0.29) is 35.8 Å². The van der Waals surface area contributed by atoms with Crippen molar-refractivity contribution in [3.8, 4) is 0 Å². The van der Waals surface area contributed by atoms with E-state index in [4.69, 9.17) is 0 Å². The van der Waals surface area contributed by atoms with Gasteiger partial charge < -0.3 is 19.5 Å². The summed E-state index contributed by atoms with van der Waals surface area (Å²) in [7, 11) is 0. The van der Waals surface area contributed by atoms with Gasteiger partial charge in [0.2, 0.25) is 5.91 Å². The van der Waals surface area contributed by atoms with Crippen LogP contribution < -0.4 is 5.56 Å². The molecule has 2 atom stereocenters. The molecule has 224 valence electrons. The maximum Gasteiger partial charge on any atom is 0.262 e. The van der Waals surface area contributed by atoms with Crippen molar-refractivity contribution in [2.24, 2.45) is 5.92 Å². The molecule has 2 saturated heterocycles. The summed E-state index contributed by atoms with van der Waals surface area (Å²) in [4.78, 5) is 48.3. The summed E-state index contributed by atoms with van der Waals surface area (Å²) in [6.45, 7) is 4.37. The predicted octanol–water partition coefficient (Wildman–Crippen LogP) is 3.66. The molecule has 2 amide bonds. The van der Waals surface area contributed by atoms with Crippen LogP contribution in [0.5, 0.6) is 0 Å². The lowest BCUT2D eigenvalue weighted by atomic mass is 9.79. The standard InChI is InChI=1S/C33H36FN5O4/c1-2-36-16-13-27-29(36)35-22-39(32(27)42)21-33(43)14-18-37(19-15-33)31(41)26-12-17-38(20-28(26)23-6-4-3-5-7-23)30(40)24-8-10-25(34)11-9-24/h3-11,13,16,22,26,28,43H,2,12,14-15,17-21H2,1H3/t26-,28+/m1/s1. The van der Waals surface area contributed by atoms with Gasteiger partial charge in [0.25, 0.3) is 11.5 Å². The smallest absolute Gasteiger partial charge is 0.262 e. The first-order chi connectivity index (χ1) is 20.8. The molecule has 43 heavy (non-hydrogen) atoms. The van der Waals surface area contributed by atoms with Gasteiger partial charge in [0.15, 0.2) is 0 Å². The van der Waals surface area contributed by atoms with Crippen molar-refractivity contribution in [2.75, 3.05) is 26.2 Å². The average molecular weight is 586 g/mol. The number of nitrogens with zero attached hydrogens (tertiary/aromatic N) is 5. The summed E-state index contributed by atoms with van der Waals surface area (Å²) >= 11 is 0. The van der Waals surface area contributed by atoms with Crippen LogP contribution in [0.15, 0.2) is 78.0 Å². The Hall–Kier alpha value is -4.31. The number of carbonyl (C=O) groups excluding carboxylic acids is 2. The first-order valence-corrected chi connectivity index (χ1v) is 14.9. The SMILES string of the molecule is CCn1ccc2c(=O)n(CC3(O)CCN(C(=O)[C@@H]4CCN(C(=O)c5ccc(F)cc5)C[C@H]4c4ccccc4)CC3)cnc21. The van der Waals surface area contributed by atoms with Crippen LogP contribution in [0.3, 0.4) is 0 Å². The van der Waals surface area contributed by atoms with Crippen molar-refractivity contribution < 1.29 is 19.1 Å². The summed E-state index contributed by atoms with van der Waals surface area (Å²) in [5.74, 6) is -1.06. The van der Waals surface area contributed by atoms with E-state index in [0.29, 0.717) is 68.6 Å². The largest absolute Gasteiger partial charge is 0.388 e. The highest BCUT2D eigenvalue weighted by Gasteiger charge is 2.41. The Bertz CT molecular complexity index is 1680. The number of halogens is 1. The van der Waals surface area contributed by atoms with Crippen molar-refractivity contribution in [3.05, 3.63) is 100 Å². The highest BCUT2D eigenvalue weighted by Crippen LogP contribution is 2.36. The number of aryl methyl sites for hydroxylation is 1. The Morgan fingerprint density at radius 2 is 1.70 bits per heavy atom. The zero-order valence-corrected chi connectivity index (χ0v) is 24.2. The van der Waals surface area contributed by atoms with Crippen molar-refractivity contribution in [1.82, 2.24) is 23.9 Å². The zero-order chi connectivity index (χ0) is 30.1. The molecule has 4 aromatic rings. The molecule has 2 aromatic carbocycles. The number of aromatic nitrogens is 3. The summed E-state index contributed by atoms with van der Waals surface area (Å²) in [5, 5.41) is 12.0. The normalized spacial score (nSPS) is 20.3. The Balaban J connectivity index is 1.15. The third-order valence-corrected chi connectivity index (χ3v) is 9.09. The zero-order valence-electron chi connectivity index (χ0n) is 24.2. The van der Waals surface area contributed by atoms with Crippen LogP contribution in [0.1, 0.15) is 48.0 Å². The van der Waals surface area contributed by atoms with E-state index in [1.54, 1.807) is 11.0 Å². The van der Waals surface area contributed by atoms with E-state index in [0.717, 1.165) is 5.56 Å². The number of likely N-dealkylation sites (tertiary alicyclic amines) is 2. The lowest BCUT2D eigenvalue weighted by Crippen LogP contribution is -2.53. The topological polar surface area (TPSA) is 101 Å². The molecule has 2 aliphatic heterocycles. The number of benzene rings is 2. The third-order valence-electron chi connectivity index (χ3n) is 9.09. The molecule has 6 rings (SSSR count). The number of rotatable bonds is 6. The molecule has 9 nitrogen and oxygen atoms in total. The van der Waals surface area contributed by atoms with E-state index in [1.165, 1.54) is 35.2 Å². The second kappa shape index (κ2) is 11.8. The molecule has 0 bridgehead atoms. The van der Waals surface area contributed by atoms with Gasteiger partial charge in [-0.2, -0.15) is 0 Å². The van der Waals surface area contributed by atoms with Crippen LogP contribution in [-0.2, 0) is 17.9 Å². The number of fused-ring (bicyclic) bond motifs is 1. The molecule has 1 N–H and O–H groups in total. The number of piperidine rings is 2. The van der Waals surface area contributed by atoms with Gasteiger partial charge in [0.1, 0.15) is 17.8 Å². The van der Waals surface area contributed by atoms with Crippen LogP contribution in [0.25, 0.3) is 11.0 Å². The lowest BCUT2D eigenvalue weighted by molar-refractivity contribution is -0.142. The fourth-order valence-electron chi connectivity index (χ4n) is 6.57. The minimum Gasteiger partial charge on any atom is -0.388 e. The maximum atomic E-state index is 14.0. The fourth-order valence-corrected chi connectivity index (χ4v) is 6.57. The Morgan fingerprint density at radius 1 is 0.977 bits per heavy atom. The predicted molar refractivity (Wildman–Crippen MR) is 160 cm³/mol. The van der Waals surface area contributed by atoms with Crippen LogP contribution in [0, 0.1) is 11.7 Å². The number of amides is 2. The van der Waals surface area contributed by atoms with E-state index >= 15 is 0 Å². The first kappa shape index (κ1) is 28.8. The van der Waals surface area contributed by atoms with Gasteiger partial charge in [-0.25, -0.2) is 9.37 Å². The van der Waals surface area contributed by atoms with Crippen molar-refractivity contribution in [3.63, 3.8) is 0 Å². The number of hydrogen-bond acceptors (Lipinski definition) is 5. The minimum absolute atomic E-state index is 0.0194. The lowest BCUT2D eigenvalue weighted by Gasteiger charge is -2.43. The van der Waals surface area contributed by atoms with Gasteiger partial charge in [0, 0.05) is 56.3 Å². The number of carbonyl (C=O) groups is 2. The first-order valence-electron chi connectivity index (χ1n) is 14.9. The van der Waals surface area contributed by atoms with Gasteiger partial charge in [-0.3, -0.25) is 19.0 Å². The monoisotopic (exact) mass is 585 g/mol. The molecule has 10 heteroatoms. The Labute approximate surface area is 249 Å². The Morgan fingerprint density at radius 3 is 2.40 bits per heavy atom. The molecule has 0 radical (unpaired) electrons. The van der Waals surface area contributed by atoms with Crippen LogP contribution in [0.4, 0.5) is 4.39 Å². The third kappa shape index (κ3) is 5.71. The molecule has 0 saturated carbocycles. The second-order valence-electron chi connectivity index (χ2n) is 11.7. The quantitative estimate of drug-likeness (QED) is 0.372. The highest BCUT2D eigenvalue weighted by atomic mass is 19.1. The van der Waals surface area contributed by atoms with Crippen LogP contribution in [-0.4, -0.2) is 72.6 Å². The van der Waals surface area contributed by atoms with E-state index in [9.17, 15) is 23.9 Å². The van der Waals surface area contributed by atoms with Crippen molar-refractivity contribution in [1.29, 1.82) is 0 Å². The van der Waals surface area contributed by atoms with E-state index in [2.05, 4.69) is 4.98 Å². The Kier molecular flexibility index (Phi) is 7.87. The molecular weight excluding hydrogens is 549 g/mol. The molecule has 2 aliphatic rings. The van der Waals surface area contributed by atoms with Gasteiger partial charge in [-0.05, 0) is 62.1 Å². The molecule has 0 unspecified atom stereocenters. The molecular formula is C33H36FN5O4. The van der Waals surface area contributed by atoms with Crippen molar-refractivity contribution >= 4 is 22.8 Å². The summed E-state index contributed by atoms with van der Waals surface area (Å²) in [6, 6.07) is 17.1. The molecule has 2 aromatic heterocycles. The minimum atomic E-state index is -1.13. The van der Waals surface area contributed by atoms with Crippen molar-refractivity contribution in [2.45, 2.75) is 50.8 Å². The van der Waals surface area contributed by atoms with Gasteiger partial charge in [-0.15, -0.1) is 0 Å². The van der Waals surface area contributed by atoms with Gasteiger partial charge in [-0.1, -0.05) is 30.3 Å². The van der Waals surface area contributed by atoms with E-state index < -0.39 is 11.4 Å². The number of aliphatic hydroxyl groups is 1. The number of hydrogen-bond donors (Lipinski definition) is 1. The van der Waals surface area contributed by atoms with Crippen LogP contribution >= 0.6 is 0 Å². The molecule has 0 spiro atoms.